The van der Waals surface area contributed by atoms with Crippen molar-refractivity contribution in [3.05, 3.63) is 34.5 Å². The fourth-order valence-electron chi connectivity index (χ4n) is 1.93. The van der Waals surface area contributed by atoms with E-state index in [1.54, 1.807) is 0 Å². The topological polar surface area (TPSA) is 41.6 Å². The lowest BCUT2D eigenvalue weighted by molar-refractivity contribution is -0.133. The fraction of sp³-hybridized carbons (Fsp3) is 0.0769. The van der Waals surface area contributed by atoms with Crippen LogP contribution in [0.3, 0.4) is 0 Å². The van der Waals surface area contributed by atoms with Crippen molar-refractivity contribution in [2.45, 2.75) is 6.18 Å². The second-order valence-corrected chi connectivity index (χ2v) is 4.88. The van der Waals surface area contributed by atoms with Crippen molar-refractivity contribution >= 4 is 22.4 Å². The highest BCUT2D eigenvalue weighted by Gasteiger charge is 2.35. The monoisotopic (exact) mass is 293 g/mol. The zero-order valence-corrected chi connectivity index (χ0v) is 10.6. The van der Waals surface area contributed by atoms with Gasteiger partial charge in [0.1, 0.15) is 10.4 Å². The summed E-state index contributed by atoms with van der Waals surface area (Å²) in [5.74, 6) is 2.41. The Morgan fingerprint density at radius 1 is 1.30 bits per heavy atom. The minimum absolute atomic E-state index is 0.0930. The molecular weight excluding hydrogens is 287 g/mol. The van der Waals surface area contributed by atoms with Crippen molar-refractivity contribution in [2.24, 2.45) is 0 Å². The number of nitrogens with one attached hydrogen (secondary N) is 1. The molecule has 3 aromatic rings. The van der Waals surface area contributed by atoms with E-state index >= 15 is 0 Å². The molecule has 3 rings (SSSR count). The maximum atomic E-state index is 13.0. The number of alkyl halides is 3. The first-order chi connectivity index (χ1) is 9.50. The number of rotatable bonds is 1. The van der Waals surface area contributed by atoms with Gasteiger partial charge in [0.15, 0.2) is 0 Å². The summed E-state index contributed by atoms with van der Waals surface area (Å²) < 4.78 is 38.9. The molecule has 0 fully saturated rings. The van der Waals surface area contributed by atoms with Crippen molar-refractivity contribution in [3.63, 3.8) is 0 Å². The first kappa shape index (κ1) is 12.7. The molecule has 20 heavy (non-hydrogen) atoms. The minimum atomic E-state index is -4.39. The molecule has 0 aliphatic rings. The molecule has 3 nitrogen and oxygen atoms in total. The molecule has 7 heteroatoms. The van der Waals surface area contributed by atoms with Crippen LogP contribution in [0.2, 0.25) is 0 Å². The highest BCUT2D eigenvalue weighted by Crippen LogP contribution is 2.42. The molecule has 0 bridgehead atoms. The third-order valence-corrected chi connectivity index (χ3v) is 3.72. The number of halogens is 3. The van der Waals surface area contributed by atoms with Gasteiger partial charge in [0.2, 0.25) is 5.82 Å². The first-order valence-electron chi connectivity index (χ1n) is 5.46. The second-order valence-electron chi connectivity index (χ2n) is 3.96. The zero-order chi connectivity index (χ0) is 14.3. The summed E-state index contributed by atoms with van der Waals surface area (Å²) in [4.78, 5) is 10.2. The fourth-order valence-corrected chi connectivity index (χ4v) is 2.71. The summed E-state index contributed by atoms with van der Waals surface area (Å²) in [6.07, 6.45) is 3.76. The molecule has 0 spiro atoms. The van der Waals surface area contributed by atoms with Gasteiger partial charge in [-0.3, -0.25) is 0 Å². The highest BCUT2D eigenvalue weighted by atomic mass is 32.1. The van der Waals surface area contributed by atoms with Crippen LogP contribution in [0.25, 0.3) is 22.2 Å². The lowest BCUT2D eigenvalue weighted by atomic mass is 10.1. The van der Waals surface area contributed by atoms with Gasteiger partial charge in [-0.1, -0.05) is 0 Å². The number of thiophene rings is 1. The number of aromatic amines is 1. The first-order valence-corrected chi connectivity index (χ1v) is 6.34. The van der Waals surface area contributed by atoms with Gasteiger partial charge in [-0.25, -0.2) is 9.97 Å². The lowest BCUT2D eigenvalue weighted by Crippen LogP contribution is -2.03. The molecule has 100 valence electrons. The molecule has 0 saturated heterocycles. The molecule has 0 atom stereocenters. The number of hydrogen-bond donors (Lipinski definition) is 1. The number of nitrogens with zero attached hydrogens (tertiary/aromatic N) is 2. The molecule has 1 N–H and O–H groups in total. The number of hydrogen-bond acceptors (Lipinski definition) is 3. The summed E-state index contributed by atoms with van der Waals surface area (Å²) in [6, 6.07) is 1.42. The smallest absolute Gasteiger partial charge is 0.358 e. The van der Waals surface area contributed by atoms with Crippen molar-refractivity contribution in [3.8, 4) is 23.5 Å². The molecule has 3 aromatic heterocycles. The van der Waals surface area contributed by atoms with Gasteiger partial charge in [-0.15, -0.1) is 17.8 Å². The SMILES string of the molecule is C#Cc1ncc2[nH]cc(-c3ccsc3C(F)(F)F)c2n1. The van der Waals surface area contributed by atoms with Gasteiger partial charge in [0, 0.05) is 17.3 Å². The highest BCUT2D eigenvalue weighted by molar-refractivity contribution is 7.10. The molecule has 3 heterocycles. The van der Waals surface area contributed by atoms with Crippen LogP contribution >= 0.6 is 11.3 Å². The Morgan fingerprint density at radius 2 is 2.10 bits per heavy atom. The van der Waals surface area contributed by atoms with Crippen LogP contribution in [0, 0.1) is 12.3 Å². The van der Waals surface area contributed by atoms with E-state index in [2.05, 4.69) is 20.9 Å². The number of aromatic nitrogens is 3. The summed E-state index contributed by atoms with van der Waals surface area (Å²) in [5, 5.41) is 1.40. The molecule has 0 unspecified atom stereocenters. The molecule has 0 saturated carbocycles. The van der Waals surface area contributed by atoms with E-state index in [1.165, 1.54) is 23.8 Å². The Kier molecular flexibility index (Phi) is 2.76. The zero-order valence-electron chi connectivity index (χ0n) is 9.82. The molecule has 0 aliphatic heterocycles. The van der Waals surface area contributed by atoms with Crippen molar-refractivity contribution in [2.75, 3.05) is 0 Å². The Balaban J connectivity index is 2.26. The third-order valence-electron chi connectivity index (χ3n) is 2.76. The quantitative estimate of drug-likeness (QED) is 0.695. The van der Waals surface area contributed by atoms with Crippen molar-refractivity contribution in [1.82, 2.24) is 15.0 Å². The average molecular weight is 293 g/mol. The van der Waals surface area contributed by atoms with E-state index in [-0.39, 0.29) is 11.4 Å². The predicted molar refractivity (Wildman–Crippen MR) is 70.1 cm³/mol. The molecule has 0 radical (unpaired) electrons. The molecular formula is C13H6F3N3S. The standard InChI is InChI=1S/C13H6F3N3S/c1-2-10-18-6-9-11(19-10)8(5-17-9)7-3-4-20-12(7)13(14,15)16/h1,3-6,17H. The largest absolute Gasteiger partial charge is 0.426 e. The summed E-state index contributed by atoms with van der Waals surface area (Å²) in [7, 11) is 0. The van der Waals surface area contributed by atoms with Crippen LogP contribution in [0.1, 0.15) is 10.7 Å². The van der Waals surface area contributed by atoms with E-state index in [1.807, 2.05) is 0 Å². The van der Waals surface area contributed by atoms with Gasteiger partial charge >= 0.3 is 6.18 Å². The van der Waals surface area contributed by atoms with Gasteiger partial charge < -0.3 is 4.98 Å². The van der Waals surface area contributed by atoms with Crippen LogP contribution in [-0.4, -0.2) is 15.0 Å². The Bertz CT molecular complexity index is 823. The Labute approximate surface area is 115 Å². The summed E-state index contributed by atoms with van der Waals surface area (Å²) in [5.41, 5.74) is 1.39. The van der Waals surface area contributed by atoms with Crippen molar-refractivity contribution < 1.29 is 13.2 Å². The molecule has 0 amide bonds. The minimum Gasteiger partial charge on any atom is -0.358 e. The number of terminal acetylenes is 1. The van der Waals surface area contributed by atoms with Crippen LogP contribution < -0.4 is 0 Å². The van der Waals surface area contributed by atoms with E-state index in [0.717, 1.165) is 0 Å². The number of fused-ring (bicyclic) bond motifs is 1. The second kappa shape index (κ2) is 4.35. The van der Waals surface area contributed by atoms with E-state index < -0.39 is 11.1 Å². The third kappa shape index (κ3) is 1.94. The van der Waals surface area contributed by atoms with Gasteiger partial charge in [0.05, 0.1) is 11.7 Å². The van der Waals surface area contributed by atoms with Crippen molar-refractivity contribution in [1.29, 1.82) is 0 Å². The summed E-state index contributed by atoms with van der Waals surface area (Å²) >= 11 is 0.651. The Hall–Kier alpha value is -2.33. The Morgan fingerprint density at radius 3 is 2.80 bits per heavy atom. The van der Waals surface area contributed by atoms with E-state index in [9.17, 15) is 13.2 Å². The van der Waals surface area contributed by atoms with Crippen LogP contribution in [-0.2, 0) is 6.18 Å². The number of H-pyrrole nitrogens is 1. The van der Waals surface area contributed by atoms with Gasteiger partial charge in [0.25, 0.3) is 0 Å². The maximum Gasteiger partial charge on any atom is 0.426 e. The lowest BCUT2D eigenvalue weighted by Gasteiger charge is -2.06. The normalized spacial score (nSPS) is 11.7. The van der Waals surface area contributed by atoms with Gasteiger partial charge in [-0.2, -0.15) is 13.2 Å². The van der Waals surface area contributed by atoms with Crippen LogP contribution in [0.4, 0.5) is 13.2 Å². The summed E-state index contributed by atoms with van der Waals surface area (Å²) in [6.45, 7) is 0. The van der Waals surface area contributed by atoms with Crippen LogP contribution in [0.5, 0.6) is 0 Å². The van der Waals surface area contributed by atoms with Gasteiger partial charge in [-0.05, 0) is 17.4 Å². The molecule has 0 aliphatic carbocycles. The average Bonchev–Trinajstić information content (AvgIpc) is 3.02. The molecule has 0 aromatic carbocycles. The van der Waals surface area contributed by atoms with E-state index in [4.69, 9.17) is 6.42 Å². The maximum absolute atomic E-state index is 13.0. The van der Waals surface area contributed by atoms with Crippen LogP contribution in [0.15, 0.2) is 23.8 Å². The van der Waals surface area contributed by atoms with E-state index in [0.29, 0.717) is 27.9 Å². The predicted octanol–water partition coefficient (Wildman–Crippen LogP) is 3.69.